The van der Waals surface area contributed by atoms with Gasteiger partial charge >= 0.3 is 0 Å². The summed E-state index contributed by atoms with van der Waals surface area (Å²) in [6.45, 7) is 3.59. The van der Waals surface area contributed by atoms with Crippen LogP contribution in [0.25, 0.3) is 11.4 Å². The number of anilines is 1. The molecule has 2 N–H and O–H groups in total. The van der Waals surface area contributed by atoms with Gasteiger partial charge in [0, 0.05) is 28.0 Å². The number of nitrogens with zero attached hydrogens (tertiary/aromatic N) is 2. The molecule has 1 unspecified atom stereocenters. The molecule has 0 radical (unpaired) electrons. The van der Waals surface area contributed by atoms with Gasteiger partial charge in [-0.25, -0.2) is 9.97 Å². The highest BCUT2D eigenvalue weighted by molar-refractivity contribution is 6.30. The van der Waals surface area contributed by atoms with Crippen molar-refractivity contribution in [3.63, 3.8) is 0 Å². The summed E-state index contributed by atoms with van der Waals surface area (Å²) in [7, 11) is 0. The molecule has 0 amide bonds. The van der Waals surface area contributed by atoms with Gasteiger partial charge in [0.15, 0.2) is 0 Å². The van der Waals surface area contributed by atoms with E-state index in [0.717, 1.165) is 16.7 Å². The smallest absolute Gasteiger partial charge is 0.254 e. The summed E-state index contributed by atoms with van der Waals surface area (Å²) >= 11 is 6.23. The molecule has 0 fully saturated rings. The van der Waals surface area contributed by atoms with Crippen molar-refractivity contribution in [2.24, 2.45) is 0 Å². The Kier molecular flexibility index (Phi) is 5.63. The SMILES string of the molecule is Cc1nc(-c2ccc(NC(c3ccccc3)c3cccc(Cl)c3)nc2)[nH]c(=O)c1C. The molecular formula is C24H21ClN4O. The Labute approximate surface area is 179 Å². The van der Waals surface area contributed by atoms with Crippen LogP contribution in [0.15, 0.2) is 77.7 Å². The normalized spacial score (nSPS) is 11.8. The van der Waals surface area contributed by atoms with E-state index in [1.807, 2.05) is 61.5 Å². The van der Waals surface area contributed by atoms with Gasteiger partial charge < -0.3 is 10.3 Å². The molecule has 30 heavy (non-hydrogen) atoms. The van der Waals surface area contributed by atoms with Crippen LogP contribution in [0, 0.1) is 13.8 Å². The van der Waals surface area contributed by atoms with Gasteiger partial charge in [-0.3, -0.25) is 4.79 Å². The number of nitrogens with one attached hydrogen (secondary N) is 2. The molecule has 0 aliphatic carbocycles. The molecule has 2 aromatic carbocycles. The summed E-state index contributed by atoms with van der Waals surface area (Å²) in [5, 5.41) is 4.17. The lowest BCUT2D eigenvalue weighted by atomic mass is 9.98. The van der Waals surface area contributed by atoms with Crippen molar-refractivity contribution in [3.05, 3.63) is 111 Å². The maximum absolute atomic E-state index is 12.0. The molecule has 2 heterocycles. The molecule has 0 bridgehead atoms. The quantitative estimate of drug-likeness (QED) is 0.463. The molecule has 6 heteroatoms. The summed E-state index contributed by atoms with van der Waals surface area (Å²) in [5.41, 5.74) is 4.09. The van der Waals surface area contributed by atoms with E-state index in [0.29, 0.717) is 27.9 Å². The first-order valence-electron chi connectivity index (χ1n) is 9.62. The van der Waals surface area contributed by atoms with E-state index in [9.17, 15) is 4.79 Å². The van der Waals surface area contributed by atoms with Gasteiger partial charge in [0.2, 0.25) is 0 Å². The highest BCUT2D eigenvalue weighted by atomic mass is 35.5. The van der Waals surface area contributed by atoms with Crippen LogP contribution in [-0.4, -0.2) is 15.0 Å². The lowest BCUT2D eigenvalue weighted by Crippen LogP contribution is -2.15. The fourth-order valence-corrected chi connectivity index (χ4v) is 3.44. The Morgan fingerprint density at radius 2 is 1.73 bits per heavy atom. The maximum atomic E-state index is 12.0. The molecule has 0 saturated heterocycles. The summed E-state index contributed by atoms with van der Waals surface area (Å²) in [6, 6.07) is 21.6. The second-order valence-corrected chi connectivity index (χ2v) is 7.54. The average molecular weight is 417 g/mol. The molecule has 5 nitrogen and oxygen atoms in total. The largest absolute Gasteiger partial charge is 0.359 e. The van der Waals surface area contributed by atoms with Crippen LogP contribution in [-0.2, 0) is 0 Å². The first-order chi connectivity index (χ1) is 14.5. The third-order valence-corrected chi connectivity index (χ3v) is 5.27. The fourth-order valence-electron chi connectivity index (χ4n) is 3.24. The van der Waals surface area contributed by atoms with Crippen molar-refractivity contribution < 1.29 is 0 Å². The number of halogens is 1. The van der Waals surface area contributed by atoms with Crippen molar-refractivity contribution in [1.29, 1.82) is 0 Å². The molecule has 0 saturated carbocycles. The Balaban J connectivity index is 1.65. The molecule has 1 atom stereocenters. The number of aryl methyl sites for hydroxylation is 1. The zero-order valence-corrected chi connectivity index (χ0v) is 17.4. The zero-order chi connectivity index (χ0) is 21.1. The number of rotatable bonds is 5. The Hall–Kier alpha value is -3.44. The van der Waals surface area contributed by atoms with Crippen LogP contribution in [0.2, 0.25) is 5.02 Å². The summed E-state index contributed by atoms with van der Waals surface area (Å²) in [4.78, 5) is 23.9. The lowest BCUT2D eigenvalue weighted by Gasteiger charge is -2.21. The van der Waals surface area contributed by atoms with Crippen molar-refractivity contribution in [3.8, 4) is 11.4 Å². The third-order valence-electron chi connectivity index (χ3n) is 5.04. The second-order valence-electron chi connectivity index (χ2n) is 7.10. The molecular weight excluding hydrogens is 396 g/mol. The van der Waals surface area contributed by atoms with Gasteiger partial charge in [-0.05, 0) is 49.2 Å². The van der Waals surface area contributed by atoms with Gasteiger partial charge in [-0.1, -0.05) is 54.1 Å². The lowest BCUT2D eigenvalue weighted by molar-refractivity contribution is 0.926. The van der Waals surface area contributed by atoms with Crippen LogP contribution >= 0.6 is 11.6 Å². The van der Waals surface area contributed by atoms with E-state index in [4.69, 9.17) is 11.6 Å². The van der Waals surface area contributed by atoms with Gasteiger partial charge in [0.05, 0.1) is 6.04 Å². The van der Waals surface area contributed by atoms with Gasteiger partial charge in [0.25, 0.3) is 5.56 Å². The van der Waals surface area contributed by atoms with Crippen LogP contribution < -0.4 is 10.9 Å². The topological polar surface area (TPSA) is 70.7 Å². The predicted molar refractivity (Wildman–Crippen MR) is 121 cm³/mol. The minimum Gasteiger partial charge on any atom is -0.359 e. The minimum atomic E-state index is -0.134. The standard InChI is InChI=1S/C24H21ClN4O/c1-15-16(2)27-23(29-24(15)30)19-11-12-21(26-14-19)28-22(17-7-4-3-5-8-17)18-9-6-10-20(25)13-18/h3-14,22H,1-2H3,(H,26,28)(H,27,29,30). The van der Waals surface area contributed by atoms with Gasteiger partial charge in [-0.15, -0.1) is 0 Å². The first-order valence-corrected chi connectivity index (χ1v) is 10.00. The zero-order valence-electron chi connectivity index (χ0n) is 16.7. The van der Waals surface area contributed by atoms with Crippen molar-refractivity contribution >= 4 is 17.4 Å². The average Bonchev–Trinajstić information content (AvgIpc) is 2.76. The van der Waals surface area contributed by atoms with Crippen molar-refractivity contribution in [2.45, 2.75) is 19.9 Å². The van der Waals surface area contributed by atoms with E-state index in [1.165, 1.54) is 0 Å². The first kappa shape index (κ1) is 19.9. The van der Waals surface area contributed by atoms with Crippen LogP contribution in [0.1, 0.15) is 28.4 Å². The van der Waals surface area contributed by atoms with Crippen LogP contribution in [0.3, 0.4) is 0 Å². The Morgan fingerprint density at radius 3 is 2.40 bits per heavy atom. The molecule has 0 aliphatic rings. The molecule has 4 rings (SSSR count). The van der Waals surface area contributed by atoms with Gasteiger partial charge in [0.1, 0.15) is 11.6 Å². The minimum absolute atomic E-state index is 0.109. The van der Waals surface area contributed by atoms with E-state index < -0.39 is 0 Å². The number of H-pyrrole nitrogens is 1. The maximum Gasteiger partial charge on any atom is 0.254 e. The second kappa shape index (κ2) is 8.51. The molecule has 0 aliphatic heterocycles. The number of aromatic amines is 1. The molecule has 150 valence electrons. The van der Waals surface area contributed by atoms with Gasteiger partial charge in [-0.2, -0.15) is 0 Å². The third kappa shape index (κ3) is 4.26. The van der Waals surface area contributed by atoms with E-state index >= 15 is 0 Å². The summed E-state index contributed by atoms with van der Waals surface area (Å²) < 4.78 is 0. The highest BCUT2D eigenvalue weighted by Crippen LogP contribution is 2.28. The summed E-state index contributed by atoms with van der Waals surface area (Å²) in [6.07, 6.45) is 1.70. The van der Waals surface area contributed by atoms with Crippen LogP contribution in [0.4, 0.5) is 5.82 Å². The molecule has 2 aromatic heterocycles. The number of benzene rings is 2. The Bertz CT molecular complexity index is 1220. The van der Waals surface area contributed by atoms with Crippen molar-refractivity contribution in [1.82, 2.24) is 15.0 Å². The monoisotopic (exact) mass is 416 g/mol. The summed E-state index contributed by atoms with van der Waals surface area (Å²) in [5.74, 6) is 1.22. The predicted octanol–water partition coefficient (Wildman–Crippen LogP) is 5.30. The van der Waals surface area contributed by atoms with Crippen molar-refractivity contribution in [2.75, 3.05) is 5.32 Å². The van der Waals surface area contributed by atoms with Crippen LogP contribution in [0.5, 0.6) is 0 Å². The van der Waals surface area contributed by atoms with E-state index in [2.05, 4.69) is 32.4 Å². The highest BCUT2D eigenvalue weighted by Gasteiger charge is 2.15. The number of hydrogen-bond donors (Lipinski definition) is 2. The number of aromatic nitrogens is 3. The molecule has 4 aromatic rings. The fraction of sp³-hybridized carbons (Fsp3) is 0.125. The molecule has 0 spiro atoms. The van der Waals surface area contributed by atoms with E-state index in [-0.39, 0.29) is 11.6 Å². The number of pyridine rings is 1. The number of hydrogen-bond acceptors (Lipinski definition) is 4. The van der Waals surface area contributed by atoms with E-state index in [1.54, 1.807) is 13.1 Å². The Morgan fingerprint density at radius 1 is 0.967 bits per heavy atom.